The summed E-state index contributed by atoms with van der Waals surface area (Å²) < 4.78 is 10.4. The van der Waals surface area contributed by atoms with E-state index in [0.29, 0.717) is 22.7 Å². The number of aromatic hydroxyl groups is 1. The summed E-state index contributed by atoms with van der Waals surface area (Å²) in [5, 5.41) is 19.4. The van der Waals surface area contributed by atoms with Gasteiger partial charge >= 0.3 is 0 Å². The van der Waals surface area contributed by atoms with Crippen molar-refractivity contribution >= 4 is 0 Å². The number of aromatic nitrogens is 1. The maximum atomic E-state index is 9.80. The predicted octanol–water partition coefficient (Wildman–Crippen LogP) is 4.32. The zero-order valence-corrected chi connectivity index (χ0v) is 14.8. The summed E-state index contributed by atoms with van der Waals surface area (Å²) >= 11 is 0. The van der Waals surface area contributed by atoms with Crippen LogP contribution in [0.3, 0.4) is 0 Å². The van der Waals surface area contributed by atoms with Crippen molar-refractivity contribution in [2.24, 2.45) is 0 Å². The first-order valence-corrected chi connectivity index (χ1v) is 8.01. The average molecular weight is 346 g/mol. The number of benzene rings is 2. The van der Waals surface area contributed by atoms with Crippen molar-refractivity contribution in [3.63, 3.8) is 0 Å². The Morgan fingerprint density at radius 2 is 1.65 bits per heavy atom. The summed E-state index contributed by atoms with van der Waals surface area (Å²) in [5.41, 5.74) is 4.37. The Kier molecular flexibility index (Phi) is 4.76. The number of nitriles is 1. The molecule has 5 nitrogen and oxygen atoms in total. The van der Waals surface area contributed by atoms with E-state index in [1.165, 1.54) is 7.11 Å². The van der Waals surface area contributed by atoms with Gasteiger partial charge in [-0.3, -0.25) is 4.98 Å². The van der Waals surface area contributed by atoms with E-state index in [2.05, 4.69) is 11.1 Å². The lowest BCUT2D eigenvalue weighted by molar-refractivity contribution is 0.373. The van der Waals surface area contributed by atoms with Crippen molar-refractivity contribution in [3.05, 3.63) is 59.8 Å². The molecule has 1 N–H and O–H groups in total. The van der Waals surface area contributed by atoms with Gasteiger partial charge in [0.15, 0.2) is 11.5 Å². The highest BCUT2D eigenvalue weighted by molar-refractivity contribution is 5.77. The third kappa shape index (κ3) is 3.17. The molecule has 26 heavy (non-hydrogen) atoms. The predicted molar refractivity (Wildman–Crippen MR) is 99.3 cm³/mol. The van der Waals surface area contributed by atoms with Gasteiger partial charge < -0.3 is 14.6 Å². The Balaban J connectivity index is 2.17. The number of rotatable bonds is 4. The lowest BCUT2D eigenvalue weighted by Crippen LogP contribution is -1.96. The topological polar surface area (TPSA) is 75.4 Å². The molecule has 3 aromatic rings. The quantitative estimate of drug-likeness (QED) is 0.761. The van der Waals surface area contributed by atoms with Gasteiger partial charge in [0.1, 0.15) is 11.8 Å². The van der Waals surface area contributed by atoms with Crippen molar-refractivity contribution in [1.82, 2.24) is 4.98 Å². The summed E-state index contributed by atoms with van der Waals surface area (Å²) in [5.74, 6) is 1.19. The molecule has 0 aliphatic carbocycles. The first kappa shape index (κ1) is 17.3. The highest BCUT2D eigenvalue weighted by atomic mass is 16.5. The van der Waals surface area contributed by atoms with E-state index in [4.69, 9.17) is 9.47 Å². The Bertz CT molecular complexity index is 989. The fourth-order valence-electron chi connectivity index (χ4n) is 2.80. The number of phenols is 1. The normalized spacial score (nSPS) is 10.2. The van der Waals surface area contributed by atoms with Crippen LogP contribution in [0.5, 0.6) is 17.2 Å². The van der Waals surface area contributed by atoms with Crippen LogP contribution in [0.4, 0.5) is 0 Å². The van der Waals surface area contributed by atoms with Gasteiger partial charge in [-0.2, -0.15) is 5.26 Å². The Hall–Kier alpha value is -3.52. The minimum absolute atomic E-state index is 0.0667. The molecule has 0 unspecified atom stereocenters. The van der Waals surface area contributed by atoms with Crippen LogP contribution in [-0.4, -0.2) is 24.3 Å². The van der Waals surface area contributed by atoms with E-state index >= 15 is 0 Å². The lowest BCUT2D eigenvalue weighted by atomic mass is 9.97. The summed E-state index contributed by atoms with van der Waals surface area (Å²) in [6.07, 6.45) is 0. The number of hydrogen-bond acceptors (Lipinski definition) is 5. The first-order valence-electron chi connectivity index (χ1n) is 8.01. The van der Waals surface area contributed by atoms with Crippen molar-refractivity contribution in [1.29, 1.82) is 5.26 Å². The van der Waals surface area contributed by atoms with Crippen LogP contribution in [0.25, 0.3) is 22.4 Å². The van der Waals surface area contributed by atoms with Crippen LogP contribution in [0.1, 0.15) is 11.3 Å². The molecular formula is C21H18N2O3. The third-order valence-corrected chi connectivity index (χ3v) is 4.19. The zero-order chi connectivity index (χ0) is 18.7. The van der Waals surface area contributed by atoms with E-state index < -0.39 is 0 Å². The molecule has 2 aromatic carbocycles. The van der Waals surface area contributed by atoms with E-state index in [0.717, 1.165) is 22.4 Å². The van der Waals surface area contributed by atoms with Crippen molar-refractivity contribution < 1.29 is 14.6 Å². The maximum absolute atomic E-state index is 9.80. The second kappa shape index (κ2) is 7.16. The number of ether oxygens (including phenoxy) is 2. The van der Waals surface area contributed by atoms with Crippen molar-refractivity contribution in [2.45, 2.75) is 6.92 Å². The van der Waals surface area contributed by atoms with Gasteiger partial charge in [-0.15, -0.1) is 0 Å². The van der Waals surface area contributed by atoms with Gasteiger partial charge in [-0.1, -0.05) is 12.1 Å². The molecule has 5 heteroatoms. The average Bonchev–Trinajstić information content (AvgIpc) is 2.67. The van der Waals surface area contributed by atoms with Gasteiger partial charge in [0.25, 0.3) is 0 Å². The number of nitrogens with zero attached hydrogens (tertiary/aromatic N) is 2. The number of methoxy groups -OCH3 is 2. The molecule has 3 rings (SSSR count). The van der Waals surface area contributed by atoms with Crippen molar-refractivity contribution in [2.75, 3.05) is 14.2 Å². The standard InChI is InChI=1S/C21H18N2O3/c1-13-18(12-22)17(14-4-7-16(25-2)8-5-14)11-19(23-13)15-6-9-20(24)21(10-15)26-3/h4-11,24H,1-3H3. The highest BCUT2D eigenvalue weighted by Gasteiger charge is 2.14. The molecule has 0 bridgehead atoms. The molecular weight excluding hydrogens is 328 g/mol. The molecule has 1 heterocycles. The van der Waals surface area contributed by atoms with Gasteiger partial charge in [0, 0.05) is 11.1 Å². The lowest BCUT2D eigenvalue weighted by Gasteiger charge is -2.12. The smallest absolute Gasteiger partial charge is 0.161 e. The molecule has 0 spiro atoms. The van der Waals surface area contributed by atoms with E-state index in [-0.39, 0.29) is 5.75 Å². The molecule has 1 aromatic heterocycles. The Labute approximate surface area is 152 Å². The van der Waals surface area contributed by atoms with Crippen LogP contribution in [-0.2, 0) is 0 Å². The molecule has 0 aliphatic rings. The fraction of sp³-hybridized carbons (Fsp3) is 0.143. The molecule has 0 saturated carbocycles. The summed E-state index contributed by atoms with van der Waals surface area (Å²) in [7, 11) is 3.11. The second-order valence-electron chi connectivity index (χ2n) is 5.74. The Morgan fingerprint density at radius 3 is 2.27 bits per heavy atom. The minimum Gasteiger partial charge on any atom is -0.504 e. The van der Waals surface area contributed by atoms with Gasteiger partial charge in [0.2, 0.25) is 0 Å². The van der Waals surface area contributed by atoms with Crippen LogP contribution < -0.4 is 9.47 Å². The molecule has 0 atom stereocenters. The summed E-state index contributed by atoms with van der Waals surface area (Å²) in [6.45, 7) is 1.81. The molecule has 130 valence electrons. The molecule has 0 saturated heterocycles. The number of aryl methyl sites for hydroxylation is 1. The zero-order valence-electron chi connectivity index (χ0n) is 14.8. The van der Waals surface area contributed by atoms with E-state index in [1.807, 2.05) is 37.3 Å². The second-order valence-corrected chi connectivity index (χ2v) is 5.74. The third-order valence-electron chi connectivity index (χ3n) is 4.19. The minimum atomic E-state index is 0.0667. The van der Waals surface area contributed by atoms with E-state index in [1.54, 1.807) is 25.3 Å². The van der Waals surface area contributed by atoms with Gasteiger partial charge in [0.05, 0.1) is 31.2 Å². The van der Waals surface area contributed by atoms with Crippen molar-refractivity contribution in [3.8, 4) is 45.7 Å². The van der Waals surface area contributed by atoms with Crippen LogP contribution in [0.15, 0.2) is 48.5 Å². The first-order chi connectivity index (χ1) is 12.6. The number of hydrogen-bond donors (Lipinski definition) is 1. The maximum Gasteiger partial charge on any atom is 0.161 e. The van der Waals surface area contributed by atoms with Crippen LogP contribution in [0, 0.1) is 18.3 Å². The van der Waals surface area contributed by atoms with E-state index in [9.17, 15) is 10.4 Å². The van der Waals surface area contributed by atoms with Gasteiger partial charge in [-0.25, -0.2) is 0 Å². The van der Waals surface area contributed by atoms with Gasteiger partial charge in [-0.05, 0) is 48.9 Å². The fourth-order valence-corrected chi connectivity index (χ4v) is 2.80. The molecule has 0 amide bonds. The summed E-state index contributed by atoms with van der Waals surface area (Å²) in [4.78, 5) is 4.55. The van der Waals surface area contributed by atoms with Crippen LogP contribution >= 0.6 is 0 Å². The number of phenolic OH excluding ortho intramolecular Hbond substituents is 1. The molecule has 0 radical (unpaired) electrons. The largest absolute Gasteiger partial charge is 0.504 e. The number of pyridine rings is 1. The summed E-state index contributed by atoms with van der Waals surface area (Å²) in [6, 6.07) is 16.7. The Morgan fingerprint density at radius 1 is 0.962 bits per heavy atom. The monoisotopic (exact) mass is 346 g/mol. The molecule has 0 aliphatic heterocycles. The van der Waals surface area contributed by atoms with Crippen LogP contribution in [0.2, 0.25) is 0 Å². The molecule has 0 fully saturated rings. The highest BCUT2D eigenvalue weighted by Crippen LogP contribution is 2.34. The SMILES string of the molecule is COc1ccc(-c2cc(-c3ccc(O)c(OC)c3)nc(C)c2C#N)cc1.